The quantitative estimate of drug-likeness (QED) is 0.934. The molecule has 2 amide bonds. The number of carbonyl (C=O) groups excluding carboxylic acids is 2. The van der Waals surface area contributed by atoms with Crippen molar-refractivity contribution in [3.63, 3.8) is 0 Å². The van der Waals surface area contributed by atoms with Gasteiger partial charge in [-0.05, 0) is 12.5 Å². The summed E-state index contributed by atoms with van der Waals surface area (Å²) in [6.45, 7) is 3.01. The lowest BCUT2D eigenvalue weighted by Crippen LogP contribution is -2.28. The van der Waals surface area contributed by atoms with Gasteiger partial charge in [0.15, 0.2) is 0 Å². The molecular weight excluding hydrogens is 300 g/mol. The summed E-state index contributed by atoms with van der Waals surface area (Å²) in [5, 5.41) is 10.6. The first-order chi connectivity index (χ1) is 10.6. The molecule has 114 valence electrons. The summed E-state index contributed by atoms with van der Waals surface area (Å²) in [5.41, 5.74) is 3.81. The van der Waals surface area contributed by atoms with E-state index < -0.39 is 0 Å². The van der Waals surface area contributed by atoms with Crippen molar-refractivity contribution in [2.24, 2.45) is 5.92 Å². The molecule has 1 saturated heterocycles. The zero-order valence-corrected chi connectivity index (χ0v) is 13.0. The van der Waals surface area contributed by atoms with E-state index in [-0.39, 0.29) is 24.2 Å². The Bertz CT molecular complexity index is 669. The van der Waals surface area contributed by atoms with Gasteiger partial charge in [-0.25, -0.2) is 0 Å². The molecule has 3 rings (SSSR count). The summed E-state index contributed by atoms with van der Waals surface area (Å²) < 4.78 is 0. The fourth-order valence-corrected chi connectivity index (χ4v) is 2.90. The first kappa shape index (κ1) is 14.6. The normalized spacial score (nSPS) is 17.8. The first-order valence-electron chi connectivity index (χ1n) is 7.02. The second-order valence-electron chi connectivity index (χ2n) is 5.39. The van der Waals surface area contributed by atoms with E-state index in [2.05, 4.69) is 15.5 Å². The van der Waals surface area contributed by atoms with Crippen molar-refractivity contribution >= 4 is 28.3 Å². The molecule has 0 spiro atoms. The molecule has 0 radical (unpaired) electrons. The average Bonchev–Trinajstić information content (AvgIpc) is 3.12. The van der Waals surface area contributed by atoms with Gasteiger partial charge in [0.2, 0.25) is 16.9 Å². The number of anilines is 1. The van der Waals surface area contributed by atoms with E-state index in [0.717, 1.165) is 5.56 Å². The Labute approximate surface area is 132 Å². The van der Waals surface area contributed by atoms with E-state index in [1.54, 1.807) is 10.4 Å². The minimum absolute atomic E-state index is 0.0120. The molecule has 0 bridgehead atoms. The highest BCUT2D eigenvalue weighted by Gasteiger charge is 2.34. The molecule has 0 aliphatic carbocycles. The van der Waals surface area contributed by atoms with Crippen LogP contribution < -0.4 is 5.32 Å². The molecule has 1 aromatic heterocycles. The number of hydrogen-bond acceptors (Lipinski definition) is 5. The molecule has 7 heteroatoms. The third-order valence-corrected chi connectivity index (χ3v) is 4.28. The third-order valence-electron chi connectivity index (χ3n) is 3.67. The standard InChI is InChI=1S/C15H16N4O2S/c1-10-2-4-11(5-3-10)7-19-8-12(6-13(19)20)14(21)17-15-18-16-9-22-15/h2-5,9,12H,6-8H2,1H3,(H,17,18,21). The highest BCUT2D eigenvalue weighted by atomic mass is 32.1. The Morgan fingerprint density at radius 2 is 2.18 bits per heavy atom. The Kier molecular flexibility index (Phi) is 4.15. The summed E-state index contributed by atoms with van der Waals surface area (Å²) in [6.07, 6.45) is 0.247. The molecule has 1 aromatic carbocycles. The number of rotatable bonds is 4. The maximum absolute atomic E-state index is 12.1. The van der Waals surface area contributed by atoms with Gasteiger partial charge in [0, 0.05) is 19.5 Å². The van der Waals surface area contributed by atoms with Crippen molar-refractivity contribution in [1.29, 1.82) is 0 Å². The van der Waals surface area contributed by atoms with E-state index in [4.69, 9.17) is 0 Å². The molecule has 1 fully saturated rings. The number of likely N-dealkylation sites (tertiary alicyclic amines) is 1. The van der Waals surface area contributed by atoms with Crippen LogP contribution in [0.2, 0.25) is 0 Å². The van der Waals surface area contributed by atoms with Crippen LogP contribution in [-0.4, -0.2) is 33.5 Å². The van der Waals surface area contributed by atoms with Crippen LogP contribution in [0.3, 0.4) is 0 Å². The molecule has 1 aliphatic heterocycles. The smallest absolute Gasteiger partial charge is 0.231 e. The number of benzene rings is 1. The van der Waals surface area contributed by atoms with Crippen molar-refractivity contribution in [2.75, 3.05) is 11.9 Å². The van der Waals surface area contributed by atoms with Gasteiger partial charge in [-0.2, -0.15) is 0 Å². The molecule has 2 heterocycles. The topological polar surface area (TPSA) is 75.2 Å². The van der Waals surface area contributed by atoms with Gasteiger partial charge in [-0.1, -0.05) is 41.2 Å². The lowest BCUT2D eigenvalue weighted by atomic mass is 10.1. The SMILES string of the molecule is Cc1ccc(CN2CC(C(=O)Nc3nncs3)CC2=O)cc1. The number of nitrogens with zero attached hydrogens (tertiary/aromatic N) is 3. The Hall–Kier alpha value is -2.28. The van der Waals surface area contributed by atoms with E-state index in [0.29, 0.717) is 18.2 Å². The summed E-state index contributed by atoms with van der Waals surface area (Å²) in [7, 11) is 0. The maximum Gasteiger partial charge on any atom is 0.231 e. The number of amides is 2. The largest absolute Gasteiger partial charge is 0.338 e. The highest BCUT2D eigenvalue weighted by Crippen LogP contribution is 2.22. The summed E-state index contributed by atoms with van der Waals surface area (Å²) in [5.74, 6) is -0.489. The monoisotopic (exact) mass is 316 g/mol. The van der Waals surface area contributed by atoms with Crippen LogP contribution in [0.1, 0.15) is 17.5 Å². The van der Waals surface area contributed by atoms with Crippen molar-refractivity contribution in [3.05, 3.63) is 40.9 Å². The zero-order valence-electron chi connectivity index (χ0n) is 12.2. The molecular formula is C15H16N4O2S. The van der Waals surface area contributed by atoms with Crippen LogP contribution in [-0.2, 0) is 16.1 Å². The van der Waals surface area contributed by atoms with Gasteiger partial charge in [0.05, 0.1) is 5.92 Å². The van der Waals surface area contributed by atoms with Gasteiger partial charge < -0.3 is 10.2 Å². The van der Waals surface area contributed by atoms with E-state index in [1.807, 2.05) is 31.2 Å². The zero-order chi connectivity index (χ0) is 15.5. The van der Waals surface area contributed by atoms with Crippen molar-refractivity contribution in [2.45, 2.75) is 19.9 Å². The van der Waals surface area contributed by atoms with Crippen LogP contribution in [0, 0.1) is 12.8 Å². The molecule has 1 unspecified atom stereocenters. The van der Waals surface area contributed by atoms with Crippen LogP contribution in [0.25, 0.3) is 0 Å². The molecule has 1 atom stereocenters. The predicted molar refractivity (Wildman–Crippen MR) is 83.2 cm³/mol. The van der Waals surface area contributed by atoms with Gasteiger partial charge in [-0.3, -0.25) is 9.59 Å². The summed E-state index contributed by atoms with van der Waals surface area (Å²) in [6, 6.07) is 8.07. The molecule has 1 aliphatic rings. The van der Waals surface area contributed by atoms with Gasteiger partial charge in [-0.15, -0.1) is 10.2 Å². The molecule has 6 nitrogen and oxygen atoms in total. The molecule has 1 N–H and O–H groups in total. The highest BCUT2D eigenvalue weighted by molar-refractivity contribution is 7.13. The Morgan fingerprint density at radius 3 is 2.86 bits per heavy atom. The molecule has 22 heavy (non-hydrogen) atoms. The van der Waals surface area contributed by atoms with Crippen molar-refractivity contribution < 1.29 is 9.59 Å². The maximum atomic E-state index is 12.1. The van der Waals surface area contributed by atoms with Gasteiger partial charge in [0.1, 0.15) is 5.51 Å². The van der Waals surface area contributed by atoms with Crippen LogP contribution in [0.15, 0.2) is 29.8 Å². The first-order valence-corrected chi connectivity index (χ1v) is 7.90. The number of hydrogen-bond donors (Lipinski definition) is 1. The summed E-state index contributed by atoms with van der Waals surface area (Å²) in [4.78, 5) is 26.0. The van der Waals surface area contributed by atoms with Gasteiger partial charge >= 0.3 is 0 Å². The number of aromatic nitrogens is 2. The average molecular weight is 316 g/mol. The minimum Gasteiger partial charge on any atom is -0.338 e. The second-order valence-corrected chi connectivity index (χ2v) is 6.23. The van der Waals surface area contributed by atoms with Crippen LogP contribution >= 0.6 is 11.3 Å². The minimum atomic E-state index is -0.332. The lowest BCUT2D eigenvalue weighted by Gasteiger charge is -2.16. The number of nitrogens with one attached hydrogen (secondary N) is 1. The van der Waals surface area contributed by atoms with Gasteiger partial charge in [0.25, 0.3) is 0 Å². The third kappa shape index (κ3) is 3.30. The molecule has 2 aromatic rings. The van der Waals surface area contributed by atoms with Crippen molar-refractivity contribution in [3.8, 4) is 0 Å². The van der Waals surface area contributed by atoms with Crippen LogP contribution in [0.5, 0.6) is 0 Å². The summed E-state index contributed by atoms with van der Waals surface area (Å²) >= 11 is 1.26. The fraction of sp³-hybridized carbons (Fsp3) is 0.333. The van der Waals surface area contributed by atoms with Crippen molar-refractivity contribution in [1.82, 2.24) is 15.1 Å². The lowest BCUT2D eigenvalue weighted by molar-refractivity contribution is -0.128. The van der Waals surface area contributed by atoms with E-state index in [1.165, 1.54) is 16.9 Å². The fourth-order valence-electron chi connectivity index (χ4n) is 2.45. The number of aryl methyl sites for hydroxylation is 1. The Morgan fingerprint density at radius 1 is 1.41 bits per heavy atom. The van der Waals surface area contributed by atoms with E-state index in [9.17, 15) is 9.59 Å². The second kappa shape index (κ2) is 6.23. The van der Waals surface area contributed by atoms with Crippen LogP contribution in [0.4, 0.5) is 5.13 Å². The molecule has 0 saturated carbocycles. The van der Waals surface area contributed by atoms with E-state index >= 15 is 0 Å². The Balaban J connectivity index is 1.60. The number of carbonyl (C=O) groups is 2. The predicted octanol–water partition coefficient (Wildman–Crippen LogP) is 1.83.